The zero-order valence-electron chi connectivity index (χ0n) is 6.20. The van der Waals surface area contributed by atoms with E-state index in [9.17, 15) is 0 Å². The maximum absolute atomic E-state index is 4.97. The normalized spacial score (nSPS) is 10.1. The Morgan fingerprint density at radius 1 is 1.25 bits per heavy atom. The molecule has 0 aromatic carbocycles. The molecule has 60 valence electrons. The minimum Gasteiger partial charge on any atom is -0.472 e. The van der Waals surface area contributed by atoms with Crippen LogP contribution in [-0.4, -0.2) is 4.98 Å². The lowest BCUT2D eigenvalue weighted by atomic mass is 10.1. The molecule has 0 N–H and O–H groups in total. The molecule has 2 nitrogen and oxygen atoms in total. The van der Waals surface area contributed by atoms with Crippen molar-refractivity contribution in [3.8, 4) is 11.1 Å². The summed E-state index contributed by atoms with van der Waals surface area (Å²) < 4.78 is 5.81. The van der Waals surface area contributed by atoms with Crippen LogP contribution in [0.3, 0.4) is 0 Å². The van der Waals surface area contributed by atoms with E-state index in [-0.39, 0.29) is 0 Å². The number of hydrogen-bond acceptors (Lipinski definition) is 2. The molecule has 0 aliphatic heterocycles. The van der Waals surface area contributed by atoms with Crippen LogP contribution in [0, 0.1) is 0 Å². The molecule has 0 fully saturated rings. The standard InChI is InChI=1S/C9H6BrNO/c10-9-5-7(1-3-11-9)8-2-4-12-6-8/h1-6H. The predicted molar refractivity (Wildman–Crippen MR) is 49.6 cm³/mol. The molecule has 0 atom stereocenters. The van der Waals surface area contributed by atoms with Crippen molar-refractivity contribution in [2.75, 3.05) is 0 Å². The van der Waals surface area contributed by atoms with Crippen LogP contribution in [0.5, 0.6) is 0 Å². The minimum atomic E-state index is 0.834. The Hall–Kier alpha value is -1.09. The summed E-state index contributed by atoms with van der Waals surface area (Å²) in [5, 5.41) is 0. The summed E-state index contributed by atoms with van der Waals surface area (Å²) in [4.78, 5) is 4.04. The third kappa shape index (κ3) is 1.41. The van der Waals surface area contributed by atoms with Crippen LogP contribution in [-0.2, 0) is 0 Å². The van der Waals surface area contributed by atoms with E-state index in [2.05, 4.69) is 20.9 Å². The van der Waals surface area contributed by atoms with E-state index >= 15 is 0 Å². The Morgan fingerprint density at radius 3 is 2.83 bits per heavy atom. The molecule has 2 aromatic heterocycles. The van der Waals surface area contributed by atoms with Crippen molar-refractivity contribution in [2.45, 2.75) is 0 Å². The first-order chi connectivity index (χ1) is 5.86. The molecule has 0 amide bonds. The first-order valence-corrected chi connectivity index (χ1v) is 4.30. The van der Waals surface area contributed by atoms with Gasteiger partial charge in [0.1, 0.15) is 4.60 Å². The molecule has 3 heteroatoms. The van der Waals surface area contributed by atoms with Crippen molar-refractivity contribution in [3.63, 3.8) is 0 Å². The Bertz CT molecular complexity index is 370. The smallest absolute Gasteiger partial charge is 0.106 e. The van der Waals surface area contributed by atoms with Crippen molar-refractivity contribution in [2.24, 2.45) is 0 Å². The summed E-state index contributed by atoms with van der Waals surface area (Å²) in [5.74, 6) is 0. The third-order valence-electron chi connectivity index (χ3n) is 1.58. The lowest BCUT2D eigenvalue weighted by Crippen LogP contribution is -1.76. The Labute approximate surface area is 78.4 Å². The Morgan fingerprint density at radius 2 is 2.17 bits per heavy atom. The zero-order valence-corrected chi connectivity index (χ0v) is 7.78. The molecule has 2 aromatic rings. The van der Waals surface area contributed by atoms with Gasteiger partial charge in [0.15, 0.2) is 0 Å². The maximum atomic E-state index is 4.97. The summed E-state index contributed by atoms with van der Waals surface area (Å²) in [7, 11) is 0. The highest BCUT2D eigenvalue weighted by atomic mass is 79.9. The number of aromatic nitrogens is 1. The topological polar surface area (TPSA) is 26.0 Å². The molecule has 0 saturated carbocycles. The van der Waals surface area contributed by atoms with Crippen LogP contribution in [0.15, 0.2) is 45.9 Å². The fourth-order valence-electron chi connectivity index (χ4n) is 1.01. The summed E-state index contributed by atoms with van der Waals surface area (Å²) in [6, 6.07) is 5.81. The SMILES string of the molecule is Brc1cc(-c2ccoc2)ccn1. The molecule has 0 spiro atoms. The van der Waals surface area contributed by atoms with E-state index in [4.69, 9.17) is 4.42 Å². The summed E-state index contributed by atoms with van der Waals surface area (Å²) >= 11 is 3.31. The van der Waals surface area contributed by atoms with Crippen molar-refractivity contribution in [3.05, 3.63) is 41.5 Å². The van der Waals surface area contributed by atoms with E-state index in [1.54, 1.807) is 18.7 Å². The second kappa shape index (κ2) is 3.11. The highest BCUT2D eigenvalue weighted by Crippen LogP contribution is 2.21. The summed E-state index contributed by atoms with van der Waals surface area (Å²) in [6.07, 6.45) is 5.12. The van der Waals surface area contributed by atoms with Gasteiger partial charge in [-0.2, -0.15) is 0 Å². The molecule has 0 aliphatic rings. The average molecular weight is 224 g/mol. The van der Waals surface area contributed by atoms with E-state index < -0.39 is 0 Å². The number of pyridine rings is 1. The molecule has 2 heterocycles. The van der Waals surface area contributed by atoms with Gasteiger partial charge < -0.3 is 4.42 Å². The predicted octanol–water partition coefficient (Wildman–Crippen LogP) is 3.10. The number of rotatable bonds is 1. The lowest BCUT2D eigenvalue weighted by molar-refractivity contribution is 0.568. The number of furan rings is 1. The summed E-state index contributed by atoms with van der Waals surface area (Å²) in [5.41, 5.74) is 2.17. The maximum Gasteiger partial charge on any atom is 0.106 e. The summed E-state index contributed by atoms with van der Waals surface area (Å²) in [6.45, 7) is 0. The fourth-order valence-corrected chi connectivity index (χ4v) is 1.38. The van der Waals surface area contributed by atoms with Crippen LogP contribution < -0.4 is 0 Å². The van der Waals surface area contributed by atoms with Crippen LogP contribution >= 0.6 is 15.9 Å². The minimum absolute atomic E-state index is 0.834. The molecule has 0 bridgehead atoms. The molecule has 0 aliphatic carbocycles. The Balaban J connectivity index is 2.48. The van der Waals surface area contributed by atoms with Crippen LogP contribution in [0.2, 0.25) is 0 Å². The van der Waals surface area contributed by atoms with Crippen molar-refractivity contribution < 1.29 is 4.42 Å². The number of halogens is 1. The molecule has 0 radical (unpaired) electrons. The molecule has 0 saturated heterocycles. The average Bonchev–Trinajstić information content (AvgIpc) is 2.56. The molecular formula is C9H6BrNO. The lowest BCUT2D eigenvalue weighted by Gasteiger charge is -1.95. The van der Waals surface area contributed by atoms with Crippen molar-refractivity contribution in [1.29, 1.82) is 0 Å². The first kappa shape index (κ1) is 7.55. The van der Waals surface area contributed by atoms with Gasteiger partial charge in [-0.15, -0.1) is 0 Å². The van der Waals surface area contributed by atoms with Gasteiger partial charge in [-0.3, -0.25) is 0 Å². The highest BCUT2D eigenvalue weighted by Gasteiger charge is 1.98. The third-order valence-corrected chi connectivity index (χ3v) is 2.01. The molecule has 2 rings (SSSR count). The van der Waals surface area contributed by atoms with Crippen LogP contribution in [0.4, 0.5) is 0 Å². The van der Waals surface area contributed by atoms with E-state index in [1.165, 1.54) is 0 Å². The van der Waals surface area contributed by atoms with Gasteiger partial charge in [0.05, 0.1) is 12.5 Å². The number of nitrogens with zero attached hydrogens (tertiary/aromatic N) is 1. The van der Waals surface area contributed by atoms with Crippen LogP contribution in [0.1, 0.15) is 0 Å². The second-order valence-corrected chi connectivity index (χ2v) is 3.19. The van der Waals surface area contributed by atoms with E-state index in [1.807, 2.05) is 18.2 Å². The van der Waals surface area contributed by atoms with Gasteiger partial charge >= 0.3 is 0 Å². The Kier molecular flexibility index (Phi) is 1.96. The highest BCUT2D eigenvalue weighted by molar-refractivity contribution is 9.10. The van der Waals surface area contributed by atoms with Gasteiger partial charge in [-0.1, -0.05) is 0 Å². The van der Waals surface area contributed by atoms with Crippen molar-refractivity contribution >= 4 is 15.9 Å². The molecular weight excluding hydrogens is 218 g/mol. The largest absolute Gasteiger partial charge is 0.472 e. The molecule has 12 heavy (non-hydrogen) atoms. The van der Waals surface area contributed by atoms with Gasteiger partial charge in [-0.25, -0.2) is 4.98 Å². The zero-order chi connectivity index (χ0) is 8.39. The van der Waals surface area contributed by atoms with Gasteiger partial charge in [0.25, 0.3) is 0 Å². The number of hydrogen-bond donors (Lipinski definition) is 0. The van der Waals surface area contributed by atoms with E-state index in [0.717, 1.165) is 15.7 Å². The fraction of sp³-hybridized carbons (Fsp3) is 0. The van der Waals surface area contributed by atoms with Gasteiger partial charge in [0.2, 0.25) is 0 Å². The van der Waals surface area contributed by atoms with Crippen LogP contribution in [0.25, 0.3) is 11.1 Å². The quantitative estimate of drug-likeness (QED) is 0.695. The second-order valence-electron chi connectivity index (χ2n) is 2.38. The molecule has 0 unspecified atom stereocenters. The monoisotopic (exact) mass is 223 g/mol. The van der Waals surface area contributed by atoms with Crippen molar-refractivity contribution in [1.82, 2.24) is 4.98 Å². The van der Waals surface area contributed by atoms with Gasteiger partial charge in [-0.05, 0) is 39.7 Å². The van der Waals surface area contributed by atoms with E-state index in [0.29, 0.717) is 0 Å². The first-order valence-electron chi connectivity index (χ1n) is 3.50. The van der Waals surface area contributed by atoms with Gasteiger partial charge in [0, 0.05) is 11.8 Å².